The van der Waals surface area contributed by atoms with Crippen molar-refractivity contribution >= 4 is 19.8 Å². The highest BCUT2D eigenvalue weighted by Crippen LogP contribution is 2.38. The number of phosphoric ester groups is 1. The minimum Gasteiger partial charge on any atom is -0.756 e. The second-order valence-electron chi connectivity index (χ2n) is 13.7. The van der Waals surface area contributed by atoms with E-state index >= 15 is 0 Å². The van der Waals surface area contributed by atoms with Crippen LogP contribution in [0.2, 0.25) is 0 Å². The molecular formula is C36H70NO8P. The molecule has 1 unspecified atom stereocenters. The van der Waals surface area contributed by atoms with E-state index < -0.39 is 26.5 Å². The van der Waals surface area contributed by atoms with Gasteiger partial charge in [0.1, 0.15) is 19.8 Å². The van der Waals surface area contributed by atoms with Gasteiger partial charge in [-0.3, -0.25) is 14.2 Å². The third-order valence-corrected chi connectivity index (χ3v) is 8.90. The van der Waals surface area contributed by atoms with Crippen molar-refractivity contribution in [1.29, 1.82) is 0 Å². The number of hydrogen-bond acceptors (Lipinski definition) is 8. The summed E-state index contributed by atoms with van der Waals surface area (Å²) in [4.78, 5) is 37.1. The summed E-state index contributed by atoms with van der Waals surface area (Å²) in [6.07, 6.45) is 25.8. The molecule has 0 aliphatic rings. The fourth-order valence-electron chi connectivity index (χ4n) is 4.99. The zero-order valence-corrected chi connectivity index (χ0v) is 31.0. The molecule has 0 aliphatic heterocycles. The number of carbonyl (C=O) groups excluding carboxylic acids is 2. The molecule has 2 atom stereocenters. The largest absolute Gasteiger partial charge is 0.756 e. The summed E-state index contributed by atoms with van der Waals surface area (Å²) in [5.41, 5.74) is 0. The quantitative estimate of drug-likeness (QED) is 0.0219. The third-order valence-electron chi connectivity index (χ3n) is 7.93. The van der Waals surface area contributed by atoms with Crippen molar-refractivity contribution in [3.8, 4) is 0 Å². The molecule has 10 heteroatoms. The maximum absolute atomic E-state index is 12.5. The molecule has 0 saturated carbocycles. The van der Waals surface area contributed by atoms with Crippen LogP contribution in [0.25, 0.3) is 0 Å². The average molecular weight is 676 g/mol. The summed E-state index contributed by atoms with van der Waals surface area (Å²) < 4.78 is 33.6. The highest BCUT2D eigenvalue weighted by molar-refractivity contribution is 7.45. The van der Waals surface area contributed by atoms with Crippen LogP contribution >= 0.6 is 7.82 Å². The van der Waals surface area contributed by atoms with Crippen LogP contribution in [0.5, 0.6) is 0 Å². The Balaban J connectivity index is 4.32. The predicted molar refractivity (Wildman–Crippen MR) is 185 cm³/mol. The molecule has 0 aromatic rings. The number of hydrogen-bond donors (Lipinski definition) is 0. The van der Waals surface area contributed by atoms with Crippen LogP contribution in [0, 0.1) is 0 Å². The number of quaternary nitrogens is 1. The van der Waals surface area contributed by atoms with Gasteiger partial charge in [-0.15, -0.1) is 6.58 Å². The Kier molecular flexibility index (Phi) is 29.0. The van der Waals surface area contributed by atoms with Gasteiger partial charge in [0.05, 0.1) is 27.7 Å². The van der Waals surface area contributed by atoms with Gasteiger partial charge in [-0.1, -0.05) is 122 Å². The van der Waals surface area contributed by atoms with Crippen LogP contribution in [-0.4, -0.2) is 70.0 Å². The zero-order chi connectivity index (χ0) is 34.4. The lowest BCUT2D eigenvalue weighted by molar-refractivity contribution is -0.870. The number of ether oxygens (including phenoxy) is 2. The van der Waals surface area contributed by atoms with Gasteiger partial charge in [0, 0.05) is 12.8 Å². The number of rotatable bonds is 34. The SMILES string of the molecule is C=CCCCCCCCCCCCCCCCC(=O)OC[C@@H](COP(=O)([O-])OCC[N+](C)(C)C)OC(=O)CCCCCCCCC. The Morgan fingerprint density at radius 3 is 1.63 bits per heavy atom. The Morgan fingerprint density at radius 1 is 0.696 bits per heavy atom. The number of esters is 2. The highest BCUT2D eigenvalue weighted by atomic mass is 31.2. The van der Waals surface area contributed by atoms with E-state index in [0.29, 0.717) is 17.4 Å². The van der Waals surface area contributed by atoms with Gasteiger partial charge in [-0.25, -0.2) is 0 Å². The van der Waals surface area contributed by atoms with Gasteiger partial charge in [-0.05, 0) is 25.7 Å². The van der Waals surface area contributed by atoms with Crippen LogP contribution in [0.1, 0.15) is 155 Å². The molecular weight excluding hydrogens is 605 g/mol. The summed E-state index contributed by atoms with van der Waals surface area (Å²) in [5, 5.41) is 0. The summed E-state index contributed by atoms with van der Waals surface area (Å²) in [7, 11) is 1.17. The van der Waals surface area contributed by atoms with E-state index in [2.05, 4.69) is 13.5 Å². The van der Waals surface area contributed by atoms with E-state index in [0.717, 1.165) is 44.9 Å². The van der Waals surface area contributed by atoms with E-state index in [1.54, 1.807) is 0 Å². The van der Waals surface area contributed by atoms with Crippen molar-refractivity contribution in [2.75, 3.05) is 47.5 Å². The second-order valence-corrected chi connectivity index (χ2v) is 15.1. The third kappa shape index (κ3) is 32.7. The molecule has 0 aliphatic carbocycles. The fourth-order valence-corrected chi connectivity index (χ4v) is 5.71. The molecule has 0 spiro atoms. The van der Waals surface area contributed by atoms with Crippen LogP contribution in [0.15, 0.2) is 12.7 Å². The summed E-state index contributed by atoms with van der Waals surface area (Å²) in [5.74, 6) is -0.841. The lowest BCUT2D eigenvalue weighted by atomic mass is 10.0. The minimum atomic E-state index is -4.60. The molecule has 0 saturated heterocycles. The average Bonchev–Trinajstić information content (AvgIpc) is 2.99. The summed E-state index contributed by atoms with van der Waals surface area (Å²) >= 11 is 0. The van der Waals surface area contributed by atoms with Gasteiger partial charge in [0.2, 0.25) is 0 Å². The summed E-state index contributed by atoms with van der Waals surface area (Å²) in [6.45, 7) is 5.67. The second kappa shape index (κ2) is 29.9. The van der Waals surface area contributed by atoms with Crippen LogP contribution in [-0.2, 0) is 32.7 Å². The molecule has 0 N–H and O–H groups in total. The standard InChI is InChI=1S/C36H70NO8P/c1-6-8-10-12-14-15-16-17-18-19-20-21-23-24-26-28-35(38)42-32-34(33-44-46(40,41)43-31-30-37(3,4)5)45-36(39)29-27-25-22-13-11-9-7-2/h6,34H,1,7-33H2,2-5H3/t34-/m0/s1. The van der Waals surface area contributed by atoms with Gasteiger partial charge in [-0.2, -0.15) is 0 Å². The van der Waals surface area contributed by atoms with Crippen molar-refractivity contribution < 1.29 is 42.1 Å². The normalized spacial score (nSPS) is 13.7. The summed E-state index contributed by atoms with van der Waals surface area (Å²) in [6, 6.07) is 0. The van der Waals surface area contributed by atoms with Crippen molar-refractivity contribution in [1.82, 2.24) is 0 Å². The van der Waals surface area contributed by atoms with Crippen LogP contribution in [0.4, 0.5) is 0 Å². The number of phosphoric acid groups is 1. The maximum atomic E-state index is 12.5. The molecule has 0 radical (unpaired) electrons. The van der Waals surface area contributed by atoms with Crippen molar-refractivity contribution in [2.24, 2.45) is 0 Å². The molecule has 0 bridgehead atoms. The first kappa shape index (κ1) is 44.8. The Bertz CT molecular complexity index is 801. The van der Waals surface area contributed by atoms with E-state index in [9.17, 15) is 19.0 Å². The maximum Gasteiger partial charge on any atom is 0.306 e. The minimum absolute atomic E-state index is 0.0288. The van der Waals surface area contributed by atoms with E-state index in [-0.39, 0.29) is 32.0 Å². The Morgan fingerprint density at radius 2 is 1.15 bits per heavy atom. The molecule has 0 amide bonds. The monoisotopic (exact) mass is 675 g/mol. The van der Waals surface area contributed by atoms with Gasteiger partial charge in [0.25, 0.3) is 7.82 Å². The van der Waals surface area contributed by atoms with Gasteiger partial charge < -0.3 is 27.9 Å². The van der Waals surface area contributed by atoms with Crippen LogP contribution in [0.3, 0.4) is 0 Å². The topological polar surface area (TPSA) is 111 Å². The number of likely N-dealkylation sites (N-methyl/N-ethyl adjacent to an activating group) is 1. The van der Waals surface area contributed by atoms with Crippen molar-refractivity contribution in [3.05, 3.63) is 12.7 Å². The molecule has 0 aromatic heterocycles. The van der Waals surface area contributed by atoms with Crippen molar-refractivity contribution in [2.45, 2.75) is 161 Å². The molecule has 272 valence electrons. The van der Waals surface area contributed by atoms with Crippen LogP contribution < -0.4 is 4.89 Å². The molecule has 0 rings (SSSR count). The van der Waals surface area contributed by atoms with Gasteiger partial charge in [0.15, 0.2) is 6.10 Å². The predicted octanol–water partition coefficient (Wildman–Crippen LogP) is 8.83. The lowest BCUT2D eigenvalue weighted by Gasteiger charge is -2.28. The van der Waals surface area contributed by atoms with E-state index in [1.165, 1.54) is 83.5 Å². The van der Waals surface area contributed by atoms with Crippen molar-refractivity contribution in [3.63, 3.8) is 0 Å². The number of carbonyl (C=O) groups is 2. The first-order chi connectivity index (χ1) is 22.0. The molecule has 0 heterocycles. The fraction of sp³-hybridized carbons (Fsp3) is 0.889. The molecule has 9 nitrogen and oxygen atoms in total. The molecule has 0 fully saturated rings. The lowest BCUT2D eigenvalue weighted by Crippen LogP contribution is -2.37. The first-order valence-corrected chi connectivity index (χ1v) is 19.8. The van der Waals surface area contributed by atoms with Gasteiger partial charge >= 0.3 is 11.9 Å². The number of nitrogens with zero attached hydrogens (tertiary/aromatic N) is 1. The zero-order valence-electron chi connectivity index (χ0n) is 30.1. The Labute approximate surface area is 282 Å². The number of allylic oxidation sites excluding steroid dienone is 1. The highest BCUT2D eigenvalue weighted by Gasteiger charge is 2.21. The van der Waals surface area contributed by atoms with E-state index in [1.807, 2.05) is 27.2 Å². The molecule has 46 heavy (non-hydrogen) atoms. The smallest absolute Gasteiger partial charge is 0.306 e. The number of unbranched alkanes of at least 4 members (excludes halogenated alkanes) is 19. The Hall–Kier alpha value is -1.25. The molecule has 0 aromatic carbocycles. The first-order valence-electron chi connectivity index (χ1n) is 18.4. The van der Waals surface area contributed by atoms with E-state index in [4.69, 9.17) is 18.5 Å².